The predicted octanol–water partition coefficient (Wildman–Crippen LogP) is 4.52. The molecule has 2 aliphatic heterocycles. The minimum Gasteiger partial charge on any atom is -0.475 e. The zero-order valence-electron chi connectivity index (χ0n) is 33.8. The maximum absolute atomic E-state index is 13.4. The molecule has 6 N–H and O–H groups in total. The van der Waals surface area contributed by atoms with Gasteiger partial charge in [0.2, 0.25) is 23.6 Å². The van der Waals surface area contributed by atoms with Gasteiger partial charge < -0.3 is 31.5 Å². The van der Waals surface area contributed by atoms with Crippen molar-refractivity contribution in [3.05, 3.63) is 59.7 Å². The Labute approximate surface area is 345 Å². The Hall–Kier alpha value is -4.49. The zero-order valence-corrected chi connectivity index (χ0v) is 35.4. The third-order valence-electron chi connectivity index (χ3n) is 8.64. The third-order valence-corrected chi connectivity index (χ3v) is 9.86. The lowest BCUT2D eigenvalue weighted by molar-refractivity contribution is -0.192. The number of nitrogens with two attached hydrogens (primary N) is 1. The number of halogens is 3. The van der Waals surface area contributed by atoms with Gasteiger partial charge in [-0.1, -0.05) is 50.2 Å². The Morgan fingerprint density at radius 3 is 1.57 bits per heavy atom. The van der Waals surface area contributed by atoms with Crippen molar-refractivity contribution >= 4 is 70.6 Å². The number of carbonyl (C=O) groups is 6. The largest absolute Gasteiger partial charge is 0.490 e. The number of carbonyl (C=O) groups excluding carboxylic acids is 5. The minimum atomic E-state index is -5.08. The van der Waals surface area contributed by atoms with E-state index in [1.807, 2.05) is 74.9 Å². The topological polar surface area (TPSA) is 200 Å². The van der Waals surface area contributed by atoms with Crippen LogP contribution in [0.5, 0.6) is 0 Å². The first-order chi connectivity index (χ1) is 27.2. The molecule has 2 aromatic rings. The number of fused-ring (bicyclic) bond motifs is 2. The van der Waals surface area contributed by atoms with Crippen molar-refractivity contribution in [1.29, 1.82) is 0 Å². The van der Waals surface area contributed by atoms with E-state index in [9.17, 15) is 37.1 Å². The van der Waals surface area contributed by atoms with Crippen LogP contribution >= 0.6 is 23.5 Å². The summed E-state index contributed by atoms with van der Waals surface area (Å²) in [6.07, 6.45) is 0.177. The number of para-hydroxylation sites is 2. The fraction of sp³-hybridized carbons (Fsp3) is 0.538. The molecule has 14 nitrogen and oxygen atoms in total. The third kappa shape index (κ3) is 14.7. The zero-order chi connectivity index (χ0) is 43.8. The molecule has 0 unspecified atom stereocenters. The van der Waals surface area contributed by atoms with Crippen molar-refractivity contribution in [1.82, 2.24) is 16.0 Å². The highest BCUT2D eigenvalue weighted by Gasteiger charge is 2.42. The summed E-state index contributed by atoms with van der Waals surface area (Å²) in [4.78, 5) is 75.4. The molecule has 58 heavy (non-hydrogen) atoms. The lowest BCUT2D eigenvalue weighted by Crippen LogP contribution is -2.55. The van der Waals surface area contributed by atoms with E-state index < -0.39 is 48.0 Å². The highest BCUT2D eigenvalue weighted by atomic mass is 32.2. The average molecular weight is 857 g/mol. The van der Waals surface area contributed by atoms with Gasteiger partial charge in [0.15, 0.2) is 0 Å². The number of amides is 5. The van der Waals surface area contributed by atoms with Crippen LogP contribution in [-0.4, -0.2) is 114 Å². The SMILES string of the molecule is CC[C@H](N)C(=O)N1c2ccccc2C[C@H]1C(=O)NCCSC.CC[C@H](NC(=O)OC(C)(C)C)C(=O)N1c2ccccc2C[C@H]1C(=O)NCCSC.O=C(O)C(F)(F)F. The molecule has 4 rings (SSSR count). The molecule has 0 spiro atoms. The Kier molecular flexibility index (Phi) is 19.9. The van der Waals surface area contributed by atoms with Crippen molar-refractivity contribution in [3.8, 4) is 0 Å². The molecule has 0 saturated heterocycles. The van der Waals surface area contributed by atoms with Crippen LogP contribution in [0.4, 0.5) is 29.3 Å². The van der Waals surface area contributed by atoms with E-state index in [0.29, 0.717) is 44.5 Å². The first kappa shape index (κ1) is 49.7. The summed E-state index contributed by atoms with van der Waals surface area (Å²) in [6, 6.07) is 12.7. The molecular formula is C39H55F3N6O8S2. The van der Waals surface area contributed by atoms with Crippen molar-refractivity contribution in [3.63, 3.8) is 0 Å². The second kappa shape index (κ2) is 23.2. The van der Waals surface area contributed by atoms with Gasteiger partial charge in [0.1, 0.15) is 23.7 Å². The summed E-state index contributed by atoms with van der Waals surface area (Å²) in [5.41, 5.74) is 8.73. The van der Waals surface area contributed by atoms with Gasteiger partial charge in [-0.3, -0.25) is 29.0 Å². The molecule has 2 heterocycles. The number of hydrogen-bond acceptors (Lipinski definition) is 10. The van der Waals surface area contributed by atoms with Crippen molar-refractivity contribution in [2.24, 2.45) is 5.73 Å². The van der Waals surface area contributed by atoms with Gasteiger partial charge in [-0.25, -0.2) is 9.59 Å². The van der Waals surface area contributed by atoms with Crippen LogP contribution in [0.1, 0.15) is 58.6 Å². The molecule has 2 aliphatic rings. The Balaban J connectivity index is 0.000000352. The second-order valence-corrected chi connectivity index (χ2v) is 16.1. The van der Waals surface area contributed by atoms with E-state index >= 15 is 0 Å². The summed E-state index contributed by atoms with van der Waals surface area (Å²) in [7, 11) is 0. The molecule has 5 amide bonds. The standard InChI is InChI=1S/C21H31N3O4S.C16H23N3O2S.C2HF3O2/c1-6-15(23-20(27)28-21(2,3)4)19(26)24-16-10-8-7-9-14(16)13-17(24)18(25)22-11-12-29-5;1-3-12(17)16(21)19-13-7-5-4-6-11(13)10-14(19)15(20)18-8-9-22-2;3-2(4,5)1(6)7/h7-10,15,17H,6,11-13H2,1-5H3,(H,22,25)(H,23,27);4-7,12,14H,3,8-10,17H2,1-2H3,(H,18,20);(H,6,7)/t15-,17-;12-,14-;/m00./s1. The number of carboxylic acids is 1. The molecular weight excluding hydrogens is 802 g/mol. The summed E-state index contributed by atoms with van der Waals surface area (Å²) in [5, 5.41) is 15.6. The van der Waals surface area contributed by atoms with Gasteiger partial charge in [-0.15, -0.1) is 0 Å². The Bertz CT molecular complexity index is 1730. The number of nitrogens with zero attached hydrogens (tertiary/aromatic N) is 2. The summed E-state index contributed by atoms with van der Waals surface area (Å²) >= 11 is 3.32. The van der Waals surface area contributed by atoms with Crippen LogP contribution in [0.25, 0.3) is 0 Å². The van der Waals surface area contributed by atoms with Gasteiger partial charge >= 0.3 is 18.2 Å². The van der Waals surface area contributed by atoms with Crippen LogP contribution in [0.3, 0.4) is 0 Å². The van der Waals surface area contributed by atoms with E-state index in [-0.39, 0.29) is 23.6 Å². The average Bonchev–Trinajstić information content (AvgIpc) is 3.75. The van der Waals surface area contributed by atoms with Gasteiger partial charge in [0.25, 0.3) is 0 Å². The highest BCUT2D eigenvalue weighted by molar-refractivity contribution is 7.98. The number of carboxylic acid groups (broad SMARTS) is 1. The summed E-state index contributed by atoms with van der Waals surface area (Å²) in [5.74, 6) is -1.89. The Morgan fingerprint density at radius 1 is 0.793 bits per heavy atom. The smallest absolute Gasteiger partial charge is 0.475 e. The first-order valence-corrected chi connectivity index (χ1v) is 21.4. The van der Waals surface area contributed by atoms with Crippen molar-refractivity contribution in [2.75, 3.05) is 46.9 Å². The number of thioether (sulfide) groups is 2. The first-order valence-electron chi connectivity index (χ1n) is 18.6. The van der Waals surface area contributed by atoms with E-state index in [1.165, 1.54) is 4.90 Å². The van der Waals surface area contributed by atoms with Crippen LogP contribution in [-0.2, 0) is 41.6 Å². The highest BCUT2D eigenvalue weighted by Crippen LogP contribution is 2.34. The summed E-state index contributed by atoms with van der Waals surface area (Å²) < 4.78 is 37.0. The normalized spacial score (nSPS) is 16.5. The van der Waals surface area contributed by atoms with Crippen LogP contribution < -0.4 is 31.5 Å². The van der Waals surface area contributed by atoms with Gasteiger partial charge in [0.05, 0.1) is 6.04 Å². The molecule has 0 radical (unpaired) electrons. The fourth-order valence-corrected chi connectivity index (χ4v) is 6.45. The molecule has 0 fully saturated rings. The number of anilines is 2. The minimum absolute atomic E-state index is 0.109. The molecule has 4 atom stereocenters. The fourth-order valence-electron chi connectivity index (χ4n) is 5.83. The quantitative estimate of drug-likeness (QED) is 0.178. The number of ether oxygens (including phenoxy) is 1. The molecule has 2 aromatic carbocycles. The second-order valence-electron chi connectivity index (χ2n) is 14.1. The molecule has 322 valence electrons. The van der Waals surface area contributed by atoms with E-state index in [1.54, 1.807) is 49.2 Å². The molecule has 0 bridgehead atoms. The van der Waals surface area contributed by atoms with Crippen LogP contribution in [0.15, 0.2) is 48.5 Å². The monoisotopic (exact) mass is 856 g/mol. The number of hydrogen-bond donors (Lipinski definition) is 5. The lowest BCUT2D eigenvalue weighted by atomic mass is 10.1. The van der Waals surface area contributed by atoms with Crippen molar-refractivity contribution in [2.45, 2.75) is 96.2 Å². The number of aliphatic carboxylic acids is 1. The predicted molar refractivity (Wildman–Crippen MR) is 221 cm³/mol. The van der Waals surface area contributed by atoms with Gasteiger partial charge in [-0.2, -0.15) is 36.7 Å². The lowest BCUT2D eigenvalue weighted by Gasteiger charge is -2.29. The van der Waals surface area contributed by atoms with Gasteiger partial charge in [-0.05, 0) is 69.4 Å². The number of alkyl halides is 3. The summed E-state index contributed by atoms with van der Waals surface area (Å²) in [6.45, 7) is 10.1. The number of nitrogens with one attached hydrogen (secondary N) is 3. The van der Waals surface area contributed by atoms with Gasteiger partial charge in [0, 0.05) is 48.8 Å². The van der Waals surface area contributed by atoms with E-state index in [0.717, 1.165) is 28.3 Å². The molecule has 0 aliphatic carbocycles. The number of rotatable bonds is 13. The number of alkyl carbamates (subject to hydrolysis) is 1. The van der Waals surface area contributed by atoms with Crippen LogP contribution in [0.2, 0.25) is 0 Å². The maximum atomic E-state index is 13.4. The Morgan fingerprint density at radius 2 is 1.21 bits per heavy atom. The van der Waals surface area contributed by atoms with Crippen molar-refractivity contribution < 1.29 is 51.8 Å². The van der Waals surface area contributed by atoms with E-state index in [4.69, 9.17) is 20.4 Å². The molecule has 0 aromatic heterocycles. The molecule has 0 saturated carbocycles. The number of benzene rings is 2. The maximum Gasteiger partial charge on any atom is 0.490 e. The molecule has 19 heteroatoms. The van der Waals surface area contributed by atoms with Crippen LogP contribution in [0, 0.1) is 0 Å². The van der Waals surface area contributed by atoms with E-state index in [2.05, 4.69) is 16.0 Å².